The van der Waals surface area contributed by atoms with Gasteiger partial charge < -0.3 is 16.0 Å². The quantitative estimate of drug-likeness (QED) is 0.559. The lowest BCUT2D eigenvalue weighted by molar-refractivity contribution is 0.872. The minimum atomic E-state index is -0.0324. The molecule has 0 radical (unpaired) electrons. The number of nitrogen functional groups attached to an aromatic ring is 1. The highest BCUT2D eigenvalue weighted by Gasteiger charge is 2.28. The average molecular weight is 412 g/mol. The molecular weight excluding hydrogens is 382 g/mol. The molecular formula is C26H29N5. The van der Waals surface area contributed by atoms with Crippen molar-refractivity contribution in [3.8, 4) is 0 Å². The molecule has 0 saturated carbocycles. The molecule has 5 nitrogen and oxygen atoms in total. The lowest BCUT2D eigenvalue weighted by atomic mass is 9.90. The Morgan fingerprint density at radius 3 is 2.48 bits per heavy atom. The molecule has 4 rings (SSSR count). The molecule has 0 saturated heterocycles. The molecule has 31 heavy (non-hydrogen) atoms. The molecule has 0 bridgehead atoms. The molecule has 0 spiro atoms. The Morgan fingerprint density at radius 1 is 1.03 bits per heavy atom. The highest BCUT2D eigenvalue weighted by atomic mass is 15.2. The van der Waals surface area contributed by atoms with Crippen LogP contribution in [0.15, 0.2) is 67.0 Å². The maximum atomic E-state index is 5.87. The Labute approximate surface area is 184 Å². The fraction of sp³-hybridized carbons (Fsp3) is 0.231. The number of hydrogen-bond acceptors (Lipinski definition) is 5. The Morgan fingerprint density at radius 2 is 1.77 bits per heavy atom. The van der Waals surface area contributed by atoms with Gasteiger partial charge in [-0.2, -0.15) is 4.98 Å². The number of nitrogens with one attached hydrogen (secondary N) is 1. The van der Waals surface area contributed by atoms with Crippen molar-refractivity contribution in [2.75, 3.05) is 16.0 Å². The summed E-state index contributed by atoms with van der Waals surface area (Å²) in [5, 5.41) is 3.57. The van der Waals surface area contributed by atoms with E-state index in [9.17, 15) is 0 Å². The summed E-state index contributed by atoms with van der Waals surface area (Å²) in [5.41, 5.74) is 13.8. The van der Waals surface area contributed by atoms with Crippen molar-refractivity contribution in [3.05, 3.63) is 89.3 Å². The molecule has 3 aromatic rings. The van der Waals surface area contributed by atoms with Crippen molar-refractivity contribution in [2.24, 2.45) is 0 Å². The van der Waals surface area contributed by atoms with E-state index in [0.29, 0.717) is 0 Å². The molecule has 0 aliphatic carbocycles. The van der Waals surface area contributed by atoms with E-state index >= 15 is 0 Å². The van der Waals surface area contributed by atoms with Gasteiger partial charge in [0.1, 0.15) is 5.82 Å². The number of fused-ring (bicyclic) bond motifs is 1. The lowest BCUT2D eigenvalue weighted by Crippen LogP contribution is -2.34. The first-order chi connectivity index (χ1) is 15.0. The van der Waals surface area contributed by atoms with Crippen LogP contribution in [-0.4, -0.2) is 16.0 Å². The molecule has 158 valence electrons. The fourth-order valence-corrected chi connectivity index (χ4v) is 4.16. The number of para-hydroxylation sites is 1. The first kappa shape index (κ1) is 20.7. The van der Waals surface area contributed by atoms with Crippen molar-refractivity contribution in [2.45, 2.75) is 39.7 Å². The molecule has 0 fully saturated rings. The monoisotopic (exact) mass is 411 g/mol. The molecule has 2 heterocycles. The minimum absolute atomic E-state index is 0.0324. The molecule has 1 atom stereocenters. The number of benzene rings is 2. The van der Waals surface area contributed by atoms with Crippen LogP contribution in [0.3, 0.4) is 0 Å². The third-order valence-corrected chi connectivity index (χ3v) is 5.76. The van der Waals surface area contributed by atoms with Gasteiger partial charge in [0.2, 0.25) is 5.95 Å². The Bertz CT molecular complexity index is 1130. The first-order valence-corrected chi connectivity index (χ1v) is 10.8. The van der Waals surface area contributed by atoms with Gasteiger partial charge in [-0.25, -0.2) is 4.98 Å². The Hall–Kier alpha value is -3.60. The van der Waals surface area contributed by atoms with E-state index in [-0.39, 0.29) is 12.0 Å². The van der Waals surface area contributed by atoms with Gasteiger partial charge in [0.25, 0.3) is 0 Å². The van der Waals surface area contributed by atoms with Crippen LogP contribution in [-0.2, 0) is 12.8 Å². The van der Waals surface area contributed by atoms with Gasteiger partial charge in [0, 0.05) is 34.4 Å². The van der Waals surface area contributed by atoms with Crippen molar-refractivity contribution in [3.63, 3.8) is 0 Å². The molecule has 5 heteroatoms. The van der Waals surface area contributed by atoms with Crippen LogP contribution < -0.4 is 16.0 Å². The first-order valence-electron chi connectivity index (χ1n) is 10.8. The summed E-state index contributed by atoms with van der Waals surface area (Å²) < 4.78 is 0. The number of rotatable bonds is 6. The van der Waals surface area contributed by atoms with Gasteiger partial charge >= 0.3 is 0 Å². The largest absolute Gasteiger partial charge is 0.368 e. The Kier molecular flexibility index (Phi) is 5.76. The smallest absolute Gasteiger partial charge is 0.221 e. The molecule has 1 aliphatic heterocycles. The van der Waals surface area contributed by atoms with Crippen LogP contribution in [0, 0.1) is 0 Å². The highest BCUT2D eigenvalue weighted by molar-refractivity contribution is 5.92. The number of anilines is 3. The van der Waals surface area contributed by atoms with Crippen LogP contribution >= 0.6 is 0 Å². The topological polar surface area (TPSA) is 67.1 Å². The van der Waals surface area contributed by atoms with E-state index < -0.39 is 0 Å². The second-order valence-corrected chi connectivity index (χ2v) is 7.74. The second-order valence-electron chi connectivity index (χ2n) is 7.74. The Balaban J connectivity index is 1.81. The standard InChI is InChI=1S/C26H29N5/c1-5-19-11-10-12-21-15-23(17(3)29-25-20(6-2)16-28-26(27)30-25)31(18(4)24(19)21)22-13-8-7-9-14-22/h7-17H,4-6H2,1-3H3,(H3,27,28,29,30)/t17-/m0/s1. The zero-order valence-corrected chi connectivity index (χ0v) is 18.4. The van der Waals surface area contributed by atoms with E-state index in [1.807, 2.05) is 6.07 Å². The van der Waals surface area contributed by atoms with Crippen molar-refractivity contribution >= 4 is 29.2 Å². The third kappa shape index (κ3) is 3.91. The number of nitrogens with two attached hydrogens (primary N) is 1. The third-order valence-electron chi connectivity index (χ3n) is 5.76. The van der Waals surface area contributed by atoms with E-state index in [1.165, 1.54) is 16.7 Å². The molecule has 1 aliphatic rings. The van der Waals surface area contributed by atoms with Crippen LogP contribution in [0.25, 0.3) is 11.8 Å². The average Bonchev–Trinajstić information content (AvgIpc) is 2.79. The van der Waals surface area contributed by atoms with Gasteiger partial charge in [-0.15, -0.1) is 0 Å². The van der Waals surface area contributed by atoms with Gasteiger partial charge in [0.15, 0.2) is 0 Å². The van der Waals surface area contributed by atoms with Crippen molar-refractivity contribution in [1.82, 2.24) is 9.97 Å². The molecule has 0 amide bonds. The van der Waals surface area contributed by atoms with Gasteiger partial charge in [0.05, 0.1) is 6.04 Å². The SMILES string of the molecule is C=C1c2c(cccc2CC)C=C([C@H](C)Nc2nc(N)ncc2CC)N1c1ccccc1. The zero-order valence-electron chi connectivity index (χ0n) is 18.4. The molecule has 2 aromatic carbocycles. The van der Waals surface area contributed by atoms with E-state index in [0.717, 1.165) is 41.3 Å². The van der Waals surface area contributed by atoms with Crippen LogP contribution in [0.2, 0.25) is 0 Å². The van der Waals surface area contributed by atoms with Gasteiger partial charge in [-0.1, -0.05) is 56.8 Å². The van der Waals surface area contributed by atoms with Crippen LogP contribution in [0.1, 0.15) is 43.0 Å². The van der Waals surface area contributed by atoms with Crippen LogP contribution in [0.4, 0.5) is 17.5 Å². The molecule has 3 N–H and O–H groups in total. The predicted molar refractivity (Wildman–Crippen MR) is 131 cm³/mol. The minimum Gasteiger partial charge on any atom is -0.368 e. The number of nitrogens with zero attached hydrogens (tertiary/aromatic N) is 3. The van der Waals surface area contributed by atoms with Crippen molar-refractivity contribution in [1.29, 1.82) is 0 Å². The van der Waals surface area contributed by atoms with Gasteiger partial charge in [-0.05, 0) is 49.1 Å². The number of aryl methyl sites for hydroxylation is 2. The van der Waals surface area contributed by atoms with E-state index in [4.69, 9.17) is 5.73 Å². The summed E-state index contributed by atoms with van der Waals surface area (Å²) in [6.45, 7) is 10.9. The van der Waals surface area contributed by atoms with Crippen molar-refractivity contribution < 1.29 is 0 Å². The lowest BCUT2D eigenvalue weighted by Gasteiger charge is -2.37. The fourth-order valence-electron chi connectivity index (χ4n) is 4.16. The normalized spacial score (nSPS) is 14.1. The van der Waals surface area contributed by atoms with Crippen LogP contribution in [0.5, 0.6) is 0 Å². The molecule has 0 unspecified atom stereocenters. The zero-order chi connectivity index (χ0) is 22.0. The highest BCUT2D eigenvalue weighted by Crippen LogP contribution is 2.39. The maximum absolute atomic E-state index is 5.87. The van der Waals surface area contributed by atoms with Gasteiger partial charge in [-0.3, -0.25) is 0 Å². The second kappa shape index (κ2) is 8.64. The summed E-state index contributed by atoms with van der Waals surface area (Å²) >= 11 is 0. The summed E-state index contributed by atoms with van der Waals surface area (Å²) in [5.74, 6) is 1.04. The summed E-state index contributed by atoms with van der Waals surface area (Å²) in [4.78, 5) is 10.8. The van der Waals surface area contributed by atoms with E-state index in [1.54, 1.807) is 6.20 Å². The maximum Gasteiger partial charge on any atom is 0.221 e. The predicted octanol–water partition coefficient (Wildman–Crippen LogP) is 5.52. The number of aromatic nitrogens is 2. The number of hydrogen-bond donors (Lipinski definition) is 2. The van der Waals surface area contributed by atoms with E-state index in [2.05, 4.69) is 96.1 Å². The summed E-state index contributed by atoms with van der Waals surface area (Å²) in [6, 6.07) is 16.8. The molecule has 1 aromatic heterocycles. The summed E-state index contributed by atoms with van der Waals surface area (Å²) in [7, 11) is 0. The summed E-state index contributed by atoms with van der Waals surface area (Å²) in [6.07, 6.45) is 5.83.